The van der Waals surface area contributed by atoms with Crippen LogP contribution in [0, 0.1) is 6.92 Å². The van der Waals surface area contributed by atoms with Crippen LogP contribution >= 0.6 is 0 Å². The van der Waals surface area contributed by atoms with Gasteiger partial charge in [-0.05, 0) is 31.2 Å². The van der Waals surface area contributed by atoms with Crippen molar-refractivity contribution in [3.8, 4) is 0 Å². The SMILES string of the molecule is Cc1ccc2ncnc(NCc3[nH]nc4ncccc34)c2n1. The maximum absolute atomic E-state index is 4.51. The lowest BCUT2D eigenvalue weighted by Crippen LogP contribution is -2.04. The lowest BCUT2D eigenvalue weighted by molar-refractivity contribution is 0.981. The van der Waals surface area contributed by atoms with E-state index in [-0.39, 0.29) is 0 Å². The van der Waals surface area contributed by atoms with Crippen molar-refractivity contribution in [2.24, 2.45) is 0 Å². The Morgan fingerprint density at radius 1 is 1.14 bits per heavy atom. The number of anilines is 1. The van der Waals surface area contributed by atoms with Crippen molar-refractivity contribution >= 4 is 27.9 Å². The van der Waals surface area contributed by atoms with Crippen LogP contribution in [0.5, 0.6) is 0 Å². The summed E-state index contributed by atoms with van der Waals surface area (Å²) in [5.74, 6) is 0.709. The summed E-state index contributed by atoms with van der Waals surface area (Å²) < 4.78 is 0. The maximum atomic E-state index is 4.51. The van der Waals surface area contributed by atoms with Crippen LogP contribution in [0.3, 0.4) is 0 Å². The van der Waals surface area contributed by atoms with Gasteiger partial charge in [-0.1, -0.05) is 0 Å². The first kappa shape index (κ1) is 12.6. The van der Waals surface area contributed by atoms with E-state index in [1.165, 1.54) is 6.33 Å². The molecule has 0 atom stereocenters. The summed E-state index contributed by atoms with van der Waals surface area (Å²) in [7, 11) is 0. The molecule has 0 bridgehead atoms. The molecule has 108 valence electrons. The van der Waals surface area contributed by atoms with Crippen LogP contribution in [0.2, 0.25) is 0 Å². The number of aromatic amines is 1. The first-order valence-electron chi connectivity index (χ1n) is 6.91. The van der Waals surface area contributed by atoms with Gasteiger partial charge in [0.05, 0.1) is 17.8 Å². The number of nitrogens with zero attached hydrogens (tertiary/aromatic N) is 5. The number of aryl methyl sites for hydroxylation is 1. The third kappa shape index (κ3) is 2.12. The van der Waals surface area contributed by atoms with Crippen LogP contribution in [0.4, 0.5) is 5.82 Å². The average molecular weight is 291 g/mol. The second-order valence-electron chi connectivity index (χ2n) is 4.97. The number of rotatable bonds is 3. The molecule has 4 rings (SSSR count). The third-order valence-corrected chi connectivity index (χ3v) is 3.46. The smallest absolute Gasteiger partial charge is 0.181 e. The van der Waals surface area contributed by atoms with Crippen LogP contribution < -0.4 is 5.32 Å². The average Bonchev–Trinajstić information content (AvgIpc) is 2.96. The van der Waals surface area contributed by atoms with Crippen molar-refractivity contribution in [1.82, 2.24) is 30.1 Å². The lowest BCUT2D eigenvalue weighted by Gasteiger charge is -2.07. The summed E-state index contributed by atoms with van der Waals surface area (Å²) in [6.07, 6.45) is 3.26. The summed E-state index contributed by atoms with van der Waals surface area (Å²) in [4.78, 5) is 17.2. The van der Waals surface area contributed by atoms with Crippen molar-refractivity contribution in [1.29, 1.82) is 0 Å². The Balaban J connectivity index is 1.68. The summed E-state index contributed by atoms with van der Waals surface area (Å²) in [5.41, 5.74) is 4.19. The fourth-order valence-electron chi connectivity index (χ4n) is 2.38. The number of fused-ring (bicyclic) bond motifs is 2. The number of aromatic nitrogens is 6. The summed E-state index contributed by atoms with van der Waals surface area (Å²) in [6.45, 7) is 2.51. The van der Waals surface area contributed by atoms with E-state index < -0.39 is 0 Å². The van der Waals surface area contributed by atoms with E-state index in [1.807, 2.05) is 31.2 Å². The van der Waals surface area contributed by atoms with Gasteiger partial charge in [-0.3, -0.25) is 5.10 Å². The minimum Gasteiger partial charge on any atom is -0.363 e. The molecule has 0 aliphatic heterocycles. The highest BCUT2D eigenvalue weighted by Gasteiger charge is 2.08. The highest BCUT2D eigenvalue weighted by Crippen LogP contribution is 2.19. The van der Waals surface area contributed by atoms with Gasteiger partial charge in [0, 0.05) is 17.3 Å². The zero-order chi connectivity index (χ0) is 14.9. The zero-order valence-electron chi connectivity index (χ0n) is 11.9. The van der Waals surface area contributed by atoms with Crippen LogP contribution in [0.15, 0.2) is 36.8 Å². The molecular weight excluding hydrogens is 278 g/mol. The molecule has 4 heterocycles. The Hall–Kier alpha value is -3.09. The third-order valence-electron chi connectivity index (χ3n) is 3.46. The maximum Gasteiger partial charge on any atom is 0.181 e. The van der Waals surface area contributed by atoms with Gasteiger partial charge < -0.3 is 5.32 Å². The van der Waals surface area contributed by atoms with Crippen LogP contribution in [0.25, 0.3) is 22.1 Å². The first-order valence-corrected chi connectivity index (χ1v) is 6.91. The molecule has 0 saturated carbocycles. The van der Waals surface area contributed by atoms with Crippen molar-refractivity contribution in [3.05, 3.63) is 48.2 Å². The molecule has 0 amide bonds. The number of pyridine rings is 2. The Morgan fingerprint density at radius 3 is 3.05 bits per heavy atom. The Morgan fingerprint density at radius 2 is 2.09 bits per heavy atom. The minimum atomic E-state index is 0.559. The second-order valence-corrected chi connectivity index (χ2v) is 4.97. The van der Waals surface area contributed by atoms with Crippen LogP contribution in [-0.4, -0.2) is 30.1 Å². The molecule has 0 aromatic carbocycles. The first-order chi connectivity index (χ1) is 10.8. The van der Waals surface area contributed by atoms with E-state index in [9.17, 15) is 0 Å². The molecule has 2 N–H and O–H groups in total. The molecular formula is C15H13N7. The Kier molecular flexibility index (Phi) is 2.89. The molecule has 0 aliphatic rings. The van der Waals surface area contributed by atoms with Gasteiger partial charge in [0.25, 0.3) is 0 Å². The Labute approximate surface area is 125 Å². The highest BCUT2D eigenvalue weighted by molar-refractivity contribution is 5.85. The van der Waals surface area contributed by atoms with Gasteiger partial charge in [0.2, 0.25) is 0 Å². The quantitative estimate of drug-likeness (QED) is 0.601. The topological polar surface area (TPSA) is 92.3 Å². The van der Waals surface area contributed by atoms with Gasteiger partial charge in [0.15, 0.2) is 11.5 Å². The number of hydrogen-bond acceptors (Lipinski definition) is 6. The normalized spacial score (nSPS) is 11.1. The summed E-state index contributed by atoms with van der Waals surface area (Å²) >= 11 is 0. The summed E-state index contributed by atoms with van der Waals surface area (Å²) in [5, 5.41) is 11.5. The highest BCUT2D eigenvalue weighted by atomic mass is 15.2. The molecule has 4 aromatic rings. The number of H-pyrrole nitrogens is 1. The molecule has 4 aromatic heterocycles. The predicted octanol–water partition coefficient (Wildman–Crippen LogP) is 2.22. The monoisotopic (exact) mass is 291 g/mol. The zero-order valence-corrected chi connectivity index (χ0v) is 11.9. The van der Waals surface area contributed by atoms with E-state index in [0.29, 0.717) is 18.0 Å². The molecule has 0 fully saturated rings. The molecule has 0 saturated heterocycles. The fourth-order valence-corrected chi connectivity index (χ4v) is 2.38. The van der Waals surface area contributed by atoms with E-state index in [0.717, 1.165) is 27.8 Å². The standard InChI is InChI=1S/C15H13N7/c1-9-4-5-11-13(20-9)15(19-8-18-11)17-7-12-10-3-2-6-16-14(10)22-21-12/h2-6,8H,7H2,1H3,(H,16,21,22)(H,17,18,19). The largest absolute Gasteiger partial charge is 0.363 e. The molecule has 7 heteroatoms. The fraction of sp³-hybridized carbons (Fsp3) is 0.133. The van der Waals surface area contributed by atoms with Crippen LogP contribution in [-0.2, 0) is 6.54 Å². The Bertz CT molecular complexity index is 960. The molecule has 7 nitrogen and oxygen atoms in total. The van der Waals surface area contributed by atoms with Crippen molar-refractivity contribution in [2.45, 2.75) is 13.5 Å². The van der Waals surface area contributed by atoms with Crippen molar-refractivity contribution in [3.63, 3.8) is 0 Å². The molecule has 0 aliphatic carbocycles. The number of nitrogens with one attached hydrogen (secondary N) is 2. The van der Waals surface area contributed by atoms with Crippen molar-refractivity contribution < 1.29 is 0 Å². The minimum absolute atomic E-state index is 0.559. The summed E-state index contributed by atoms with van der Waals surface area (Å²) in [6, 6.07) is 7.77. The lowest BCUT2D eigenvalue weighted by atomic mass is 10.2. The van der Waals surface area contributed by atoms with Gasteiger partial charge in [-0.25, -0.2) is 19.9 Å². The van der Waals surface area contributed by atoms with Gasteiger partial charge in [0.1, 0.15) is 11.8 Å². The second kappa shape index (κ2) is 5.03. The molecule has 0 unspecified atom stereocenters. The van der Waals surface area contributed by atoms with Gasteiger partial charge in [-0.2, -0.15) is 5.10 Å². The van der Waals surface area contributed by atoms with E-state index in [1.54, 1.807) is 6.20 Å². The van der Waals surface area contributed by atoms with E-state index >= 15 is 0 Å². The molecule has 0 radical (unpaired) electrons. The number of hydrogen-bond donors (Lipinski definition) is 2. The molecule has 22 heavy (non-hydrogen) atoms. The molecule has 0 spiro atoms. The van der Waals surface area contributed by atoms with Gasteiger partial charge >= 0.3 is 0 Å². The van der Waals surface area contributed by atoms with E-state index in [2.05, 4.69) is 35.5 Å². The van der Waals surface area contributed by atoms with Crippen molar-refractivity contribution in [2.75, 3.05) is 5.32 Å². The predicted molar refractivity (Wildman–Crippen MR) is 83.3 cm³/mol. The van der Waals surface area contributed by atoms with E-state index in [4.69, 9.17) is 0 Å². The van der Waals surface area contributed by atoms with Crippen LogP contribution in [0.1, 0.15) is 11.4 Å². The van der Waals surface area contributed by atoms with Gasteiger partial charge in [-0.15, -0.1) is 0 Å².